The number of benzene rings is 3. The van der Waals surface area contributed by atoms with Gasteiger partial charge in [-0.25, -0.2) is 8.42 Å². The Morgan fingerprint density at radius 1 is 0.969 bits per heavy atom. The van der Waals surface area contributed by atoms with Crippen LogP contribution in [0.1, 0.15) is 21.5 Å². The molecular formula is C24H24N2O5S. The molecule has 0 unspecified atom stereocenters. The summed E-state index contributed by atoms with van der Waals surface area (Å²) in [6, 6.07) is 18.7. The molecule has 8 heteroatoms. The van der Waals surface area contributed by atoms with Gasteiger partial charge in [0.25, 0.3) is 15.9 Å². The van der Waals surface area contributed by atoms with Gasteiger partial charge < -0.3 is 14.4 Å². The number of nitrogens with one attached hydrogen (secondary N) is 1. The lowest BCUT2D eigenvalue weighted by Gasteiger charge is -2.21. The summed E-state index contributed by atoms with van der Waals surface area (Å²) in [5.41, 5.74) is 2.65. The van der Waals surface area contributed by atoms with Crippen molar-refractivity contribution in [1.82, 2.24) is 4.90 Å². The molecule has 3 aromatic rings. The number of amides is 1. The predicted molar refractivity (Wildman–Crippen MR) is 122 cm³/mol. The summed E-state index contributed by atoms with van der Waals surface area (Å²) >= 11 is 0. The van der Waals surface area contributed by atoms with Gasteiger partial charge in [0.1, 0.15) is 13.2 Å². The van der Waals surface area contributed by atoms with E-state index in [-0.39, 0.29) is 10.8 Å². The Kier molecular flexibility index (Phi) is 6.05. The average molecular weight is 453 g/mol. The van der Waals surface area contributed by atoms with E-state index in [4.69, 9.17) is 9.47 Å². The quantitative estimate of drug-likeness (QED) is 0.614. The van der Waals surface area contributed by atoms with Gasteiger partial charge in [-0.2, -0.15) is 0 Å². The Labute approximate surface area is 187 Å². The molecule has 4 rings (SSSR count). The first-order chi connectivity index (χ1) is 15.3. The maximum Gasteiger partial charge on any atom is 0.261 e. The number of hydrogen-bond acceptors (Lipinski definition) is 5. The summed E-state index contributed by atoms with van der Waals surface area (Å²) in [7, 11) is -2.06. The standard InChI is InChI=1S/C24H24N2O5S/c1-17-5-3-4-6-21(17)25-32(28,29)20-10-8-19(9-11-20)24(27)26(2)16-18-7-12-22-23(15-18)31-14-13-30-22/h3-12,15,25H,13-14,16H2,1-2H3. The van der Waals surface area contributed by atoms with Crippen LogP contribution in [-0.4, -0.2) is 39.5 Å². The average Bonchev–Trinajstić information content (AvgIpc) is 2.80. The van der Waals surface area contributed by atoms with E-state index in [1.54, 1.807) is 24.1 Å². The molecule has 0 saturated heterocycles. The molecule has 0 spiro atoms. The second-order valence-electron chi connectivity index (χ2n) is 7.58. The van der Waals surface area contributed by atoms with Crippen LogP contribution in [0.15, 0.2) is 71.6 Å². The van der Waals surface area contributed by atoms with E-state index < -0.39 is 10.0 Å². The molecule has 0 aromatic heterocycles. The molecule has 0 atom stereocenters. The molecule has 3 aromatic carbocycles. The number of ether oxygens (including phenoxy) is 2. The van der Waals surface area contributed by atoms with Crippen molar-refractivity contribution in [3.05, 3.63) is 83.4 Å². The van der Waals surface area contributed by atoms with Gasteiger partial charge in [0.2, 0.25) is 0 Å². The number of hydrogen-bond donors (Lipinski definition) is 1. The fraction of sp³-hybridized carbons (Fsp3) is 0.208. The van der Waals surface area contributed by atoms with Crippen molar-refractivity contribution in [2.24, 2.45) is 0 Å². The minimum Gasteiger partial charge on any atom is -0.486 e. The van der Waals surface area contributed by atoms with E-state index in [2.05, 4.69) is 4.72 Å². The highest BCUT2D eigenvalue weighted by Gasteiger charge is 2.18. The molecule has 1 N–H and O–H groups in total. The summed E-state index contributed by atoms with van der Waals surface area (Å²) in [4.78, 5) is 14.5. The van der Waals surface area contributed by atoms with Gasteiger partial charge in [0.05, 0.1) is 10.6 Å². The minimum atomic E-state index is -3.76. The number of sulfonamides is 1. The number of rotatable bonds is 6. The number of anilines is 1. The van der Waals surface area contributed by atoms with E-state index in [1.165, 1.54) is 24.3 Å². The fourth-order valence-electron chi connectivity index (χ4n) is 3.42. The highest BCUT2D eigenvalue weighted by molar-refractivity contribution is 7.92. The van der Waals surface area contributed by atoms with Crippen LogP contribution in [0.4, 0.5) is 5.69 Å². The molecule has 1 amide bonds. The minimum absolute atomic E-state index is 0.0896. The first-order valence-electron chi connectivity index (χ1n) is 10.2. The van der Waals surface area contributed by atoms with Gasteiger partial charge in [-0.1, -0.05) is 24.3 Å². The zero-order valence-electron chi connectivity index (χ0n) is 17.9. The summed E-state index contributed by atoms with van der Waals surface area (Å²) in [6.45, 7) is 3.23. The Morgan fingerprint density at radius 2 is 1.66 bits per heavy atom. The number of carbonyl (C=O) groups excluding carboxylic acids is 1. The normalized spacial score (nSPS) is 12.8. The van der Waals surface area contributed by atoms with Crippen LogP contribution < -0.4 is 14.2 Å². The first-order valence-corrected chi connectivity index (χ1v) is 11.6. The number of nitrogens with zero attached hydrogens (tertiary/aromatic N) is 1. The molecule has 1 aliphatic heterocycles. The van der Waals surface area contributed by atoms with E-state index in [0.717, 1.165) is 11.1 Å². The van der Waals surface area contributed by atoms with Gasteiger partial charge in [-0.05, 0) is 60.5 Å². The van der Waals surface area contributed by atoms with Crippen molar-refractivity contribution in [2.45, 2.75) is 18.4 Å². The number of aryl methyl sites for hydroxylation is 1. The van der Waals surface area contributed by atoms with Gasteiger partial charge in [-0.3, -0.25) is 9.52 Å². The molecule has 0 fully saturated rings. The third-order valence-corrected chi connectivity index (χ3v) is 6.56. The van der Waals surface area contributed by atoms with E-state index >= 15 is 0 Å². The molecule has 32 heavy (non-hydrogen) atoms. The second kappa shape index (κ2) is 8.92. The number of para-hydroxylation sites is 1. The molecule has 0 radical (unpaired) electrons. The van der Waals surface area contributed by atoms with Crippen LogP contribution in [0.25, 0.3) is 0 Å². The zero-order valence-corrected chi connectivity index (χ0v) is 18.7. The van der Waals surface area contributed by atoms with E-state index in [1.807, 2.05) is 37.3 Å². The first kappa shape index (κ1) is 21.7. The van der Waals surface area contributed by atoms with Gasteiger partial charge >= 0.3 is 0 Å². The molecule has 0 bridgehead atoms. The molecule has 1 aliphatic rings. The summed E-state index contributed by atoms with van der Waals surface area (Å²) in [5.74, 6) is 1.16. The third-order valence-electron chi connectivity index (χ3n) is 5.17. The largest absolute Gasteiger partial charge is 0.486 e. The van der Waals surface area contributed by atoms with Crippen molar-refractivity contribution in [1.29, 1.82) is 0 Å². The SMILES string of the molecule is Cc1ccccc1NS(=O)(=O)c1ccc(C(=O)N(C)Cc2ccc3c(c2)OCCO3)cc1. The molecule has 1 heterocycles. The van der Waals surface area contributed by atoms with Crippen LogP contribution in [0.5, 0.6) is 11.5 Å². The highest BCUT2D eigenvalue weighted by Crippen LogP contribution is 2.31. The van der Waals surface area contributed by atoms with Crippen LogP contribution in [0.2, 0.25) is 0 Å². The van der Waals surface area contributed by atoms with Crippen molar-refractivity contribution < 1.29 is 22.7 Å². The van der Waals surface area contributed by atoms with Crippen LogP contribution >= 0.6 is 0 Å². The lowest BCUT2D eigenvalue weighted by Crippen LogP contribution is -2.26. The Hall–Kier alpha value is -3.52. The maximum absolute atomic E-state index is 12.8. The highest BCUT2D eigenvalue weighted by atomic mass is 32.2. The molecule has 0 saturated carbocycles. The van der Waals surface area contributed by atoms with Crippen molar-refractivity contribution in [2.75, 3.05) is 25.0 Å². The summed E-state index contributed by atoms with van der Waals surface area (Å²) < 4.78 is 39.1. The zero-order chi connectivity index (χ0) is 22.7. The van der Waals surface area contributed by atoms with Crippen molar-refractivity contribution in [3.8, 4) is 11.5 Å². The predicted octanol–water partition coefficient (Wildman–Crippen LogP) is 3.84. The van der Waals surface area contributed by atoms with Gasteiger partial charge in [0.15, 0.2) is 11.5 Å². The van der Waals surface area contributed by atoms with Gasteiger partial charge in [-0.15, -0.1) is 0 Å². The maximum atomic E-state index is 12.8. The van der Waals surface area contributed by atoms with Crippen molar-refractivity contribution >= 4 is 21.6 Å². The molecule has 166 valence electrons. The Morgan fingerprint density at radius 3 is 2.38 bits per heavy atom. The van der Waals surface area contributed by atoms with Crippen LogP contribution in [-0.2, 0) is 16.6 Å². The van der Waals surface area contributed by atoms with Crippen LogP contribution in [0.3, 0.4) is 0 Å². The fourth-order valence-corrected chi connectivity index (χ4v) is 4.55. The summed E-state index contributed by atoms with van der Waals surface area (Å²) in [5, 5.41) is 0. The Bertz CT molecular complexity index is 1240. The lowest BCUT2D eigenvalue weighted by atomic mass is 10.1. The summed E-state index contributed by atoms with van der Waals surface area (Å²) in [6.07, 6.45) is 0. The molecular weight excluding hydrogens is 428 g/mol. The monoisotopic (exact) mass is 452 g/mol. The van der Waals surface area contributed by atoms with E-state index in [0.29, 0.717) is 42.5 Å². The lowest BCUT2D eigenvalue weighted by molar-refractivity contribution is 0.0784. The third kappa shape index (κ3) is 4.70. The number of fused-ring (bicyclic) bond motifs is 1. The van der Waals surface area contributed by atoms with Crippen molar-refractivity contribution in [3.63, 3.8) is 0 Å². The second-order valence-corrected chi connectivity index (χ2v) is 9.27. The smallest absolute Gasteiger partial charge is 0.261 e. The Balaban J connectivity index is 1.45. The van der Waals surface area contributed by atoms with Crippen LogP contribution in [0, 0.1) is 6.92 Å². The molecule has 0 aliphatic carbocycles. The number of carbonyl (C=O) groups is 1. The molecule has 7 nitrogen and oxygen atoms in total. The topological polar surface area (TPSA) is 84.9 Å². The van der Waals surface area contributed by atoms with Gasteiger partial charge in [0, 0.05) is 19.2 Å². The van der Waals surface area contributed by atoms with E-state index in [9.17, 15) is 13.2 Å².